The van der Waals surface area contributed by atoms with Gasteiger partial charge in [0.25, 0.3) is 0 Å². The van der Waals surface area contributed by atoms with Crippen molar-refractivity contribution in [2.24, 2.45) is 10.9 Å². The van der Waals surface area contributed by atoms with Gasteiger partial charge in [0.05, 0.1) is 0 Å². The molecule has 3 heterocycles. The van der Waals surface area contributed by atoms with Crippen LogP contribution in [0.5, 0.6) is 0 Å². The molecule has 0 bridgehead atoms. The average Bonchev–Trinajstić information content (AvgIpc) is 3.34. The van der Waals surface area contributed by atoms with Gasteiger partial charge in [0.1, 0.15) is 11.3 Å². The van der Waals surface area contributed by atoms with Crippen LogP contribution in [0.1, 0.15) is 38.4 Å². The number of rotatable bonds is 6. The summed E-state index contributed by atoms with van der Waals surface area (Å²) in [6.45, 7) is 9.92. The summed E-state index contributed by atoms with van der Waals surface area (Å²) in [5, 5.41) is 4.67. The number of aliphatic imine (C=N–C) groups is 1. The van der Waals surface area contributed by atoms with E-state index in [2.05, 4.69) is 40.2 Å². The highest BCUT2D eigenvalue weighted by Crippen LogP contribution is 2.21. The van der Waals surface area contributed by atoms with Crippen LogP contribution >= 0.6 is 24.0 Å². The fraction of sp³-hybridized carbons (Fsp3) is 0.609. The van der Waals surface area contributed by atoms with Gasteiger partial charge < -0.3 is 19.5 Å². The van der Waals surface area contributed by atoms with Crippen molar-refractivity contribution in [2.45, 2.75) is 39.0 Å². The van der Waals surface area contributed by atoms with Gasteiger partial charge in [0, 0.05) is 44.5 Å². The minimum Gasteiger partial charge on any atom is -0.461 e. The molecular weight excluding hydrogens is 475 g/mol. The van der Waals surface area contributed by atoms with Crippen molar-refractivity contribution in [1.82, 2.24) is 15.1 Å². The molecule has 160 valence electrons. The lowest BCUT2D eigenvalue weighted by molar-refractivity contribution is 0.198. The van der Waals surface area contributed by atoms with Crippen LogP contribution in [-0.2, 0) is 6.42 Å². The third kappa shape index (κ3) is 6.10. The minimum atomic E-state index is 0. The number of para-hydroxylation sites is 1. The maximum absolute atomic E-state index is 5.93. The first-order valence-corrected chi connectivity index (χ1v) is 11.0. The SMILES string of the molecule is CCNC(=NCCc1cc2ccccc2o1)N1CCC(CN2CCCCC2)C1.I. The number of halogens is 1. The molecule has 1 N–H and O–H groups in total. The third-order valence-corrected chi connectivity index (χ3v) is 5.98. The molecule has 5 nitrogen and oxygen atoms in total. The molecule has 1 aromatic carbocycles. The van der Waals surface area contributed by atoms with Crippen LogP contribution in [0.25, 0.3) is 11.0 Å². The van der Waals surface area contributed by atoms with E-state index in [0.717, 1.165) is 55.8 Å². The first-order valence-electron chi connectivity index (χ1n) is 11.0. The van der Waals surface area contributed by atoms with Crippen molar-refractivity contribution >= 4 is 40.9 Å². The van der Waals surface area contributed by atoms with E-state index in [1.165, 1.54) is 50.7 Å². The number of nitrogens with zero attached hydrogens (tertiary/aromatic N) is 3. The number of furan rings is 1. The fourth-order valence-electron chi connectivity index (χ4n) is 4.54. The van der Waals surface area contributed by atoms with Crippen molar-refractivity contribution in [3.63, 3.8) is 0 Å². The van der Waals surface area contributed by atoms with E-state index >= 15 is 0 Å². The van der Waals surface area contributed by atoms with Gasteiger partial charge in [-0.3, -0.25) is 4.99 Å². The van der Waals surface area contributed by atoms with Gasteiger partial charge in [0.15, 0.2) is 5.96 Å². The van der Waals surface area contributed by atoms with Crippen molar-refractivity contribution in [3.8, 4) is 0 Å². The summed E-state index contributed by atoms with van der Waals surface area (Å²) in [5.41, 5.74) is 0.966. The Morgan fingerprint density at radius 1 is 1.17 bits per heavy atom. The molecule has 2 fully saturated rings. The normalized spacial score (nSPS) is 20.8. The Kier molecular flexibility index (Phi) is 8.66. The van der Waals surface area contributed by atoms with Crippen molar-refractivity contribution < 1.29 is 4.42 Å². The van der Waals surface area contributed by atoms with Gasteiger partial charge in [0.2, 0.25) is 0 Å². The Morgan fingerprint density at radius 2 is 2.00 bits per heavy atom. The number of hydrogen-bond donors (Lipinski definition) is 1. The molecular formula is C23H35IN4O. The highest BCUT2D eigenvalue weighted by molar-refractivity contribution is 14.0. The first kappa shape index (κ1) is 22.4. The van der Waals surface area contributed by atoms with Crippen LogP contribution < -0.4 is 5.32 Å². The number of nitrogens with one attached hydrogen (secondary N) is 1. The van der Waals surface area contributed by atoms with Gasteiger partial charge in [-0.2, -0.15) is 0 Å². The van der Waals surface area contributed by atoms with Crippen molar-refractivity contribution in [1.29, 1.82) is 0 Å². The van der Waals surface area contributed by atoms with E-state index in [1.54, 1.807) is 0 Å². The topological polar surface area (TPSA) is 44.0 Å². The van der Waals surface area contributed by atoms with E-state index in [4.69, 9.17) is 9.41 Å². The molecule has 0 spiro atoms. The Morgan fingerprint density at radius 3 is 2.79 bits per heavy atom. The van der Waals surface area contributed by atoms with Crippen LogP contribution in [0, 0.1) is 5.92 Å². The maximum Gasteiger partial charge on any atom is 0.193 e. The second-order valence-electron chi connectivity index (χ2n) is 8.20. The van der Waals surface area contributed by atoms with E-state index in [1.807, 2.05) is 12.1 Å². The number of fused-ring (bicyclic) bond motifs is 1. The summed E-state index contributed by atoms with van der Waals surface area (Å²) in [7, 11) is 0. The summed E-state index contributed by atoms with van der Waals surface area (Å²) in [6.07, 6.45) is 6.29. The smallest absolute Gasteiger partial charge is 0.193 e. The van der Waals surface area contributed by atoms with Crippen LogP contribution in [0.3, 0.4) is 0 Å². The zero-order valence-electron chi connectivity index (χ0n) is 17.6. The van der Waals surface area contributed by atoms with Crippen LogP contribution in [0.4, 0.5) is 0 Å². The fourth-order valence-corrected chi connectivity index (χ4v) is 4.54. The molecule has 1 atom stereocenters. The number of likely N-dealkylation sites (tertiary alicyclic amines) is 2. The maximum atomic E-state index is 5.93. The third-order valence-electron chi connectivity index (χ3n) is 5.98. The summed E-state index contributed by atoms with van der Waals surface area (Å²) in [5.74, 6) is 2.86. The lowest BCUT2D eigenvalue weighted by atomic mass is 10.1. The van der Waals surface area contributed by atoms with Crippen molar-refractivity contribution in [2.75, 3.05) is 45.8 Å². The first-order chi connectivity index (χ1) is 13.8. The Bertz CT molecular complexity index is 751. The quantitative estimate of drug-likeness (QED) is 0.356. The van der Waals surface area contributed by atoms with Crippen LogP contribution in [0.2, 0.25) is 0 Å². The van der Waals surface area contributed by atoms with Crippen LogP contribution in [-0.4, -0.2) is 61.6 Å². The number of piperidine rings is 1. The van der Waals surface area contributed by atoms with Crippen LogP contribution in [0.15, 0.2) is 39.7 Å². The van der Waals surface area contributed by atoms with E-state index in [0.29, 0.717) is 0 Å². The predicted octanol–water partition coefficient (Wildman–Crippen LogP) is 4.37. The minimum absolute atomic E-state index is 0. The highest BCUT2D eigenvalue weighted by Gasteiger charge is 2.26. The van der Waals surface area contributed by atoms with E-state index < -0.39 is 0 Å². The molecule has 6 heteroatoms. The number of benzene rings is 1. The molecule has 4 rings (SSSR count). The highest BCUT2D eigenvalue weighted by atomic mass is 127. The monoisotopic (exact) mass is 510 g/mol. The molecule has 2 saturated heterocycles. The zero-order chi connectivity index (χ0) is 19.2. The van der Waals surface area contributed by atoms with Gasteiger partial charge in [-0.1, -0.05) is 24.6 Å². The molecule has 0 amide bonds. The molecule has 2 aliphatic heterocycles. The number of guanidine groups is 1. The summed E-state index contributed by atoms with van der Waals surface area (Å²) in [4.78, 5) is 10.0. The molecule has 1 aromatic heterocycles. The van der Waals surface area contributed by atoms with Crippen molar-refractivity contribution in [3.05, 3.63) is 36.1 Å². The second kappa shape index (κ2) is 11.2. The molecule has 0 saturated carbocycles. The van der Waals surface area contributed by atoms with E-state index in [-0.39, 0.29) is 24.0 Å². The summed E-state index contributed by atoms with van der Waals surface area (Å²) >= 11 is 0. The standard InChI is InChI=1S/C23H34N4O.HI/c1-2-24-23(25-12-10-21-16-20-8-4-5-9-22(20)28-21)27-15-11-19(18-27)17-26-13-6-3-7-14-26;/h4-5,8-9,16,19H,2-3,6-7,10-15,17-18H2,1H3,(H,24,25);1H. The van der Waals surface area contributed by atoms with Gasteiger partial charge in [-0.05, 0) is 57.3 Å². The largest absolute Gasteiger partial charge is 0.461 e. The molecule has 0 aliphatic carbocycles. The van der Waals surface area contributed by atoms with Gasteiger partial charge in [-0.25, -0.2) is 0 Å². The Hall–Kier alpha value is -1.28. The zero-order valence-corrected chi connectivity index (χ0v) is 19.9. The molecule has 0 radical (unpaired) electrons. The molecule has 29 heavy (non-hydrogen) atoms. The Balaban J connectivity index is 0.00000240. The van der Waals surface area contributed by atoms with Gasteiger partial charge in [-0.15, -0.1) is 24.0 Å². The average molecular weight is 510 g/mol. The predicted molar refractivity (Wildman–Crippen MR) is 131 cm³/mol. The van der Waals surface area contributed by atoms with E-state index in [9.17, 15) is 0 Å². The molecule has 2 aromatic rings. The number of hydrogen-bond acceptors (Lipinski definition) is 3. The molecule has 2 aliphatic rings. The Labute approximate surface area is 191 Å². The molecule has 1 unspecified atom stereocenters. The second-order valence-corrected chi connectivity index (χ2v) is 8.20. The van der Waals surface area contributed by atoms with Gasteiger partial charge >= 0.3 is 0 Å². The summed E-state index contributed by atoms with van der Waals surface area (Å²) < 4.78 is 5.93. The lowest BCUT2D eigenvalue weighted by Gasteiger charge is -2.29. The lowest BCUT2D eigenvalue weighted by Crippen LogP contribution is -2.41. The summed E-state index contributed by atoms with van der Waals surface area (Å²) in [6, 6.07) is 10.3.